The molecule has 0 aliphatic carbocycles. The van der Waals surface area contributed by atoms with Crippen LogP contribution in [0, 0.1) is 5.92 Å². The van der Waals surface area contributed by atoms with Gasteiger partial charge in [-0.15, -0.1) is 0 Å². The number of hydrogen-bond acceptors (Lipinski definition) is 3. The first-order valence-electron chi connectivity index (χ1n) is 6.33. The first-order chi connectivity index (χ1) is 9.32. The monoisotopic (exact) mass is 292 g/mol. The second-order valence-electron chi connectivity index (χ2n) is 5.16. The first kappa shape index (κ1) is 14.6. The van der Waals surface area contributed by atoms with Crippen LogP contribution in [0.4, 0.5) is 5.69 Å². The molecule has 0 saturated heterocycles. The van der Waals surface area contributed by atoms with E-state index in [4.69, 9.17) is 11.6 Å². The summed E-state index contributed by atoms with van der Waals surface area (Å²) >= 11 is 5.98. The lowest BCUT2D eigenvalue weighted by Crippen LogP contribution is -2.31. The second kappa shape index (κ2) is 5.29. The zero-order valence-electron chi connectivity index (χ0n) is 12.0. The summed E-state index contributed by atoms with van der Waals surface area (Å²) in [6.45, 7) is 1.75. The smallest absolute Gasteiger partial charge is 0.234 e. The first-order valence-corrected chi connectivity index (χ1v) is 6.70. The number of anilines is 1. The molecule has 0 saturated carbocycles. The number of amides is 1. The summed E-state index contributed by atoms with van der Waals surface area (Å²) in [7, 11) is 5.32. The summed E-state index contributed by atoms with van der Waals surface area (Å²) < 4.78 is 0. The minimum Gasteiger partial charge on any atom is -0.383 e. The topological polar surface area (TPSA) is 40.6 Å². The molecule has 0 bridgehead atoms. The number of fused-ring (bicyclic) bond motifs is 1. The molecule has 4 nitrogen and oxygen atoms in total. The fourth-order valence-corrected chi connectivity index (χ4v) is 2.48. The minimum absolute atomic E-state index is 0.118. The van der Waals surface area contributed by atoms with Crippen LogP contribution < -0.4 is 4.90 Å². The Morgan fingerprint density at radius 3 is 2.55 bits per heavy atom. The van der Waals surface area contributed by atoms with Crippen LogP contribution in [0.25, 0.3) is 0 Å². The predicted octanol–water partition coefficient (Wildman–Crippen LogP) is 2.58. The summed E-state index contributed by atoms with van der Waals surface area (Å²) in [6, 6.07) is 4.99. The largest absolute Gasteiger partial charge is 0.383 e. The van der Waals surface area contributed by atoms with Gasteiger partial charge in [-0.2, -0.15) is 0 Å². The highest BCUT2D eigenvalue weighted by atomic mass is 35.5. The van der Waals surface area contributed by atoms with Crippen LogP contribution >= 0.6 is 11.6 Å². The maximum Gasteiger partial charge on any atom is 0.234 e. The Morgan fingerprint density at radius 1 is 1.30 bits per heavy atom. The summed E-state index contributed by atoms with van der Waals surface area (Å²) in [5.74, 6) is -0.732. The number of hydrogen-bond donors (Lipinski definition) is 0. The van der Waals surface area contributed by atoms with Gasteiger partial charge < -0.3 is 9.80 Å². The molecule has 2 rings (SSSR count). The lowest BCUT2D eigenvalue weighted by atomic mass is 9.94. The van der Waals surface area contributed by atoms with Gasteiger partial charge in [0.15, 0.2) is 5.78 Å². The molecule has 0 N–H and O–H groups in total. The van der Waals surface area contributed by atoms with Gasteiger partial charge >= 0.3 is 0 Å². The Hall–Kier alpha value is -1.81. The average molecular weight is 293 g/mol. The molecule has 0 radical (unpaired) electrons. The van der Waals surface area contributed by atoms with Crippen molar-refractivity contribution in [2.24, 2.45) is 5.92 Å². The number of benzene rings is 1. The summed E-state index contributed by atoms with van der Waals surface area (Å²) in [5, 5.41) is 0.504. The van der Waals surface area contributed by atoms with Crippen molar-refractivity contribution < 1.29 is 9.59 Å². The van der Waals surface area contributed by atoms with Gasteiger partial charge in [-0.25, -0.2) is 0 Å². The third-order valence-electron chi connectivity index (χ3n) is 3.39. The van der Waals surface area contributed by atoms with E-state index in [2.05, 4.69) is 0 Å². The van der Waals surface area contributed by atoms with E-state index in [0.717, 1.165) is 0 Å². The Labute approximate surface area is 123 Å². The van der Waals surface area contributed by atoms with Gasteiger partial charge in [0.2, 0.25) is 5.91 Å². The third-order valence-corrected chi connectivity index (χ3v) is 3.63. The molecule has 1 atom stereocenters. The molecule has 1 aliphatic heterocycles. The number of rotatable bonds is 1. The molecule has 1 aliphatic rings. The van der Waals surface area contributed by atoms with Gasteiger partial charge in [0.1, 0.15) is 0 Å². The van der Waals surface area contributed by atoms with Crippen LogP contribution in [-0.4, -0.2) is 37.7 Å². The lowest BCUT2D eigenvalue weighted by molar-refractivity contribution is -0.120. The maximum atomic E-state index is 12.7. The molecule has 106 valence electrons. The maximum absolute atomic E-state index is 12.7. The van der Waals surface area contributed by atoms with Gasteiger partial charge in [0.05, 0.1) is 11.6 Å². The molecule has 1 amide bonds. The molecular weight excluding hydrogens is 276 g/mol. The Bertz CT molecular complexity index is 608. The highest BCUT2D eigenvalue weighted by Crippen LogP contribution is 2.33. The third kappa shape index (κ3) is 2.43. The van der Waals surface area contributed by atoms with E-state index in [0.29, 0.717) is 21.8 Å². The van der Waals surface area contributed by atoms with Crippen molar-refractivity contribution >= 4 is 29.0 Å². The number of halogens is 1. The van der Waals surface area contributed by atoms with E-state index < -0.39 is 5.92 Å². The van der Waals surface area contributed by atoms with E-state index in [1.165, 1.54) is 4.90 Å². The van der Waals surface area contributed by atoms with Crippen LogP contribution in [-0.2, 0) is 4.79 Å². The molecule has 5 heteroatoms. The van der Waals surface area contributed by atoms with E-state index in [1.807, 2.05) is 14.1 Å². The van der Waals surface area contributed by atoms with Gasteiger partial charge in [-0.3, -0.25) is 9.59 Å². The highest BCUT2D eigenvalue weighted by molar-refractivity contribution is 6.31. The zero-order valence-corrected chi connectivity index (χ0v) is 12.7. The molecule has 0 spiro atoms. The fourth-order valence-electron chi connectivity index (χ4n) is 2.32. The van der Waals surface area contributed by atoms with Crippen LogP contribution in [0.1, 0.15) is 17.3 Å². The predicted molar refractivity (Wildman–Crippen MR) is 80.1 cm³/mol. The molecule has 1 aromatic rings. The van der Waals surface area contributed by atoms with E-state index in [1.54, 1.807) is 43.3 Å². The number of carbonyl (C=O) groups is 2. The highest BCUT2D eigenvalue weighted by Gasteiger charge is 2.34. The van der Waals surface area contributed by atoms with Crippen LogP contribution in [0.3, 0.4) is 0 Å². The number of ketones is 1. The van der Waals surface area contributed by atoms with Crippen molar-refractivity contribution in [2.75, 3.05) is 26.0 Å². The van der Waals surface area contributed by atoms with Gasteiger partial charge in [-0.1, -0.05) is 11.6 Å². The Morgan fingerprint density at radius 2 is 1.95 bits per heavy atom. The lowest BCUT2D eigenvalue weighted by Gasteiger charge is -2.19. The SMILES string of the molecule is CC1C(=O)N(C)c2cc(Cl)ccc2C(=O)/C1=C\N(C)C. The van der Waals surface area contributed by atoms with Crippen LogP contribution in [0.2, 0.25) is 5.02 Å². The summed E-state index contributed by atoms with van der Waals surface area (Å²) in [4.78, 5) is 28.4. The molecule has 1 aromatic carbocycles. The molecular formula is C15H17ClN2O2. The average Bonchev–Trinajstić information content (AvgIpc) is 2.45. The number of nitrogens with zero attached hydrogens (tertiary/aromatic N) is 2. The van der Waals surface area contributed by atoms with Crippen molar-refractivity contribution in [1.82, 2.24) is 4.90 Å². The number of Topliss-reactive ketones (excluding diaryl/α,β-unsaturated/α-hetero) is 1. The van der Waals surface area contributed by atoms with Crippen molar-refractivity contribution in [1.29, 1.82) is 0 Å². The van der Waals surface area contributed by atoms with E-state index >= 15 is 0 Å². The standard InChI is InChI=1S/C15H17ClN2O2/c1-9-12(8-17(2)3)14(19)11-6-5-10(16)7-13(11)18(4)15(9)20/h5-9H,1-4H3/b12-8-. The molecule has 20 heavy (non-hydrogen) atoms. The van der Waals surface area contributed by atoms with Gasteiger partial charge in [0.25, 0.3) is 0 Å². The van der Waals surface area contributed by atoms with Crippen molar-refractivity contribution in [3.63, 3.8) is 0 Å². The molecule has 0 fully saturated rings. The van der Waals surface area contributed by atoms with Crippen molar-refractivity contribution in [3.05, 3.63) is 40.6 Å². The molecule has 0 aromatic heterocycles. The molecule has 1 heterocycles. The van der Waals surface area contributed by atoms with Crippen LogP contribution in [0.15, 0.2) is 30.0 Å². The van der Waals surface area contributed by atoms with Crippen molar-refractivity contribution in [2.45, 2.75) is 6.92 Å². The van der Waals surface area contributed by atoms with Gasteiger partial charge in [-0.05, 0) is 25.1 Å². The molecule has 1 unspecified atom stereocenters. The van der Waals surface area contributed by atoms with Gasteiger partial charge in [0, 0.05) is 43.5 Å². The summed E-state index contributed by atoms with van der Waals surface area (Å²) in [5.41, 5.74) is 1.55. The zero-order chi connectivity index (χ0) is 15.0. The van der Waals surface area contributed by atoms with E-state index in [9.17, 15) is 9.59 Å². The normalized spacial score (nSPS) is 20.9. The van der Waals surface area contributed by atoms with Crippen molar-refractivity contribution in [3.8, 4) is 0 Å². The second-order valence-corrected chi connectivity index (χ2v) is 5.59. The number of carbonyl (C=O) groups excluding carboxylic acids is 2. The Balaban J connectivity index is 2.67. The minimum atomic E-state index is -0.485. The van der Waals surface area contributed by atoms with Crippen LogP contribution in [0.5, 0.6) is 0 Å². The quantitative estimate of drug-likeness (QED) is 0.747. The fraction of sp³-hybridized carbons (Fsp3) is 0.333. The van der Waals surface area contributed by atoms with E-state index in [-0.39, 0.29) is 11.7 Å². The Kier molecular flexibility index (Phi) is 3.86. The summed E-state index contributed by atoms with van der Waals surface area (Å²) in [6.07, 6.45) is 1.71.